The summed E-state index contributed by atoms with van der Waals surface area (Å²) in [6.07, 6.45) is 0.354. The summed E-state index contributed by atoms with van der Waals surface area (Å²) in [4.78, 5) is 0. The molecule has 13 heavy (non-hydrogen) atoms. The van der Waals surface area contributed by atoms with Crippen LogP contribution in [0.3, 0.4) is 0 Å². The molecule has 0 fully saturated rings. The number of benzene rings is 1. The highest BCUT2D eigenvalue weighted by atomic mass is 19.1. The molecule has 0 bridgehead atoms. The molecule has 0 spiro atoms. The molecule has 0 aliphatic rings. The lowest BCUT2D eigenvalue weighted by molar-refractivity contribution is -0.0224. The lowest BCUT2D eigenvalue weighted by atomic mass is 9.92. The molecule has 72 valence electrons. The van der Waals surface area contributed by atoms with E-state index in [2.05, 4.69) is 0 Å². The van der Waals surface area contributed by atoms with Crippen LogP contribution in [0.15, 0.2) is 24.3 Å². The van der Waals surface area contributed by atoms with Gasteiger partial charge in [0.05, 0.1) is 6.61 Å². The number of hydrogen-bond donors (Lipinski definition) is 2. The summed E-state index contributed by atoms with van der Waals surface area (Å²) >= 11 is 0. The minimum absolute atomic E-state index is 0.354. The molecule has 2 N–H and O–H groups in total. The van der Waals surface area contributed by atoms with Gasteiger partial charge in [-0.05, 0) is 24.1 Å². The molecular formula is C10H13FO2. The third-order valence-electron chi connectivity index (χ3n) is 2.21. The number of aliphatic hydroxyl groups excluding tert-OH is 1. The largest absolute Gasteiger partial charge is 0.393 e. The van der Waals surface area contributed by atoms with Gasteiger partial charge in [-0.3, -0.25) is 0 Å². The van der Waals surface area contributed by atoms with E-state index in [0.29, 0.717) is 12.0 Å². The van der Waals surface area contributed by atoms with Gasteiger partial charge in [-0.1, -0.05) is 19.1 Å². The highest BCUT2D eigenvalue weighted by Gasteiger charge is 2.26. The Morgan fingerprint density at radius 3 is 2.62 bits per heavy atom. The number of hydrogen-bond acceptors (Lipinski definition) is 2. The van der Waals surface area contributed by atoms with Gasteiger partial charge in [0, 0.05) is 0 Å². The molecule has 0 saturated carbocycles. The second-order valence-corrected chi connectivity index (χ2v) is 3.05. The van der Waals surface area contributed by atoms with E-state index in [0.717, 1.165) is 0 Å². The zero-order valence-corrected chi connectivity index (χ0v) is 7.50. The van der Waals surface area contributed by atoms with E-state index >= 15 is 0 Å². The Labute approximate surface area is 76.6 Å². The van der Waals surface area contributed by atoms with E-state index in [9.17, 15) is 9.50 Å². The second-order valence-electron chi connectivity index (χ2n) is 3.05. The normalized spacial score (nSPS) is 15.4. The van der Waals surface area contributed by atoms with Crippen LogP contribution < -0.4 is 0 Å². The van der Waals surface area contributed by atoms with Crippen LogP contribution >= 0.6 is 0 Å². The fourth-order valence-corrected chi connectivity index (χ4v) is 1.19. The van der Waals surface area contributed by atoms with Crippen molar-refractivity contribution in [3.05, 3.63) is 35.6 Å². The van der Waals surface area contributed by atoms with Crippen molar-refractivity contribution in [2.45, 2.75) is 18.9 Å². The maximum Gasteiger partial charge on any atom is 0.123 e. The highest BCUT2D eigenvalue weighted by Crippen LogP contribution is 2.24. The topological polar surface area (TPSA) is 40.5 Å². The summed E-state index contributed by atoms with van der Waals surface area (Å²) in [7, 11) is 0. The predicted molar refractivity (Wildman–Crippen MR) is 47.7 cm³/mol. The molecule has 0 saturated heterocycles. The third kappa shape index (κ3) is 2.05. The molecule has 2 nitrogen and oxygen atoms in total. The lowest BCUT2D eigenvalue weighted by Gasteiger charge is -2.24. The van der Waals surface area contributed by atoms with Crippen LogP contribution in [0.25, 0.3) is 0 Å². The summed E-state index contributed by atoms with van der Waals surface area (Å²) in [5.41, 5.74) is -0.903. The van der Waals surface area contributed by atoms with E-state index in [4.69, 9.17) is 5.11 Å². The Balaban J connectivity index is 3.05. The Morgan fingerprint density at radius 2 is 2.15 bits per heavy atom. The number of rotatable bonds is 3. The van der Waals surface area contributed by atoms with E-state index in [1.165, 1.54) is 18.2 Å². The quantitative estimate of drug-likeness (QED) is 0.745. The predicted octanol–water partition coefficient (Wildman–Crippen LogP) is 1.42. The van der Waals surface area contributed by atoms with Gasteiger partial charge < -0.3 is 10.2 Å². The van der Waals surface area contributed by atoms with Gasteiger partial charge in [0.1, 0.15) is 11.4 Å². The van der Waals surface area contributed by atoms with Crippen molar-refractivity contribution in [3.63, 3.8) is 0 Å². The minimum atomic E-state index is -1.32. The fraction of sp³-hybridized carbons (Fsp3) is 0.400. The van der Waals surface area contributed by atoms with Crippen molar-refractivity contribution in [3.8, 4) is 0 Å². The molecule has 0 aliphatic carbocycles. The summed E-state index contributed by atoms with van der Waals surface area (Å²) in [5.74, 6) is -0.405. The average Bonchev–Trinajstić information content (AvgIpc) is 2.17. The SMILES string of the molecule is CC[C@](O)(CO)c1cccc(F)c1. The van der Waals surface area contributed by atoms with E-state index in [-0.39, 0.29) is 0 Å². The molecule has 1 atom stereocenters. The highest BCUT2D eigenvalue weighted by molar-refractivity contribution is 5.23. The maximum absolute atomic E-state index is 12.8. The van der Waals surface area contributed by atoms with E-state index in [1.807, 2.05) is 0 Å². The molecule has 3 heteroatoms. The Bertz CT molecular complexity index is 282. The van der Waals surface area contributed by atoms with Crippen molar-refractivity contribution in [1.82, 2.24) is 0 Å². The molecule has 1 aromatic rings. The van der Waals surface area contributed by atoms with Crippen LogP contribution in [0.1, 0.15) is 18.9 Å². The summed E-state index contributed by atoms with van der Waals surface area (Å²) in [6, 6.07) is 5.65. The minimum Gasteiger partial charge on any atom is -0.393 e. The fourth-order valence-electron chi connectivity index (χ4n) is 1.19. The second kappa shape index (κ2) is 3.85. The first-order valence-corrected chi connectivity index (χ1v) is 4.21. The first kappa shape index (κ1) is 10.2. The standard InChI is InChI=1S/C10H13FO2/c1-2-10(13,7-12)8-4-3-5-9(11)6-8/h3-6,12-13H,2,7H2,1H3/t10-/m0/s1. The Morgan fingerprint density at radius 1 is 1.46 bits per heavy atom. The van der Waals surface area contributed by atoms with Crippen molar-refractivity contribution < 1.29 is 14.6 Å². The first-order chi connectivity index (χ1) is 6.12. The van der Waals surface area contributed by atoms with Crippen LogP contribution in [0.4, 0.5) is 4.39 Å². The maximum atomic E-state index is 12.8. The van der Waals surface area contributed by atoms with Gasteiger partial charge in [0.25, 0.3) is 0 Å². The number of aliphatic hydroxyl groups is 2. The smallest absolute Gasteiger partial charge is 0.123 e. The molecular weight excluding hydrogens is 171 g/mol. The monoisotopic (exact) mass is 184 g/mol. The summed E-state index contributed by atoms with van der Waals surface area (Å²) in [5, 5.41) is 18.8. The summed E-state index contributed by atoms with van der Waals surface area (Å²) in [6.45, 7) is 1.34. The first-order valence-electron chi connectivity index (χ1n) is 4.21. The van der Waals surface area contributed by atoms with Crippen molar-refractivity contribution >= 4 is 0 Å². The van der Waals surface area contributed by atoms with Crippen LogP contribution in [0, 0.1) is 5.82 Å². The van der Waals surface area contributed by atoms with Gasteiger partial charge in [-0.15, -0.1) is 0 Å². The molecule has 1 aromatic carbocycles. The van der Waals surface area contributed by atoms with Crippen LogP contribution in [-0.4, -0.2) is 16.8 Å². The van der Waals surface area contributed by atoms with Crippen molar-refractivity contribution in [2.24, 2.45) is 0 Å². The Kier molecular flexibility index (Phi) is 3.01. The third-order valence-corrected chi connectivity index (χ3v) is 2.21. The molecule has 1 rings (SSSR count). The summed E-state index contributed by atoms with van der Waals surface area (Å²) < 4.78 is 12.8. The Hall–Kier alpha value is -0.930. The van der Waals surface area contributed by atoms with Gasteiger partial charge in [-0.2, -0.15) is 0 Å². The number of halogens is 1. The average molecular weight is 184 g/mol. The molecule has 0 radical (unpaired) electrons. The van der Waals surface area contributed by atoms with Gasteiger partial charge in [-0.25, -0.2) is 4.39 Å². The van der Waals surface area contributed by atoms with E-state index < -0.39 is 18.0 Å². The molecule has 0 amide bonds. The van der Waals surface area contributed by atoms with E-state index in [1.54, 1.807) is 13.0 Å². The molecule has 0 aromatic heterocycles. The molecule has 0 unspecified atom stereocenters. The van der Waals surface area contributed by atoms with Gasteiger partial charge in [0.2, 0.25) is 0 Å². The van der Waals surface area contributed by atoms with Crippen LogP contribution in [0.5, 0.6) is 0 Å². The van der Waals surface area contributed by atoms with Gasteiger partial charge >= 0.3 is 0 Å². The van der Waals surface area contributed by atoms with Crippen molar-refractivity contribution in [2.75, 3.05) is 6.61 Å². The zero-order valence-electron chi connectivity index (χ0n) is 7.50. The van der Waals surface area contributed by atoms with Crippen molar-refractivity contribution in [1.29, 1.82) is 0 Å². The molecule has 0 heterocycles. The lowest BCUT2D eigenvalue weighted by Crippen LogP contribution is -2.29. The van der Waals surface area contributed by atoms with Gasteiger partial charge in [0.15, 0.2) is 0 Å². The van der Waals surface area contributed by atoms with Crippen LogP contribution in [-0.2, 0) is 5.60 Å². The zero-order chi connectivity index (χ0) is 9.90. The molecule has 0 aliphatic heterocycles. The van der Waals surface area contributed by atoms with Crippen LogP contribution in [0.2, 0.25) is 0 Å².